The van der Waals surface area contributed by atoms with Crippen LogP contribution in [0.4, 0.5) is 0 Å². The van der Waals surface area contributed by atoms with Gasteiger partial charge < -0.3 is 9.15 Å². The Bertz CT molecular complexity index is 515. The first-order valence-corrected chi connectivity index (χ1v) is 6.80. The van der Waals surface area contributed by atoms with E-state index in [0.717, 1.165) is 12.8 Å². The van der Waals surface area contributed by atoms with Gasteiger partial charge in [0.05, 0.1) is 6.61 Å². The van der Waals surface area contributed by atoms with E-state index in [0.29, 0.717) is 0 Å². The molecule has 17 heavy (non-hydrogen) atoms. The first-order chi connectivity index (χ1) is 8.03. The molecule has 1 aromatic rings. The van der Waals surface area contributed by atoms with Crippen molar-refractivity contribution in [3.05, 3.63) is 17.9 Å². The van der Waals surface area contributed by atoms with E-state index in [2.05, 4.69) is 4.72 Å². The van der Waals surface area contributed by atoms with Gasteiger partial charge in [-0.15, -0.1) is 0 Å². The van der Waals surface area contributed by atoms with Crippen molar-refractivity contribution in [1.29, 1.82) is 0 Å². The molecule has 94 valence electrons. The zero-order chi connectivity index (χ0) is 12.5. The van der Waals surface area contributed by atoms with Gasteiger partial charge in [0.2, 0.25) is 10.9 Å². The Kier molecular flexibility index (Phi) is 3.21. The molecule has 0 unspecified atom stereocenters. The Morgan fingerprint density at radius 2 is 2.24 bits per heavy atom. The number of carbonyl (C=O) groups excluding carboxylic acids is 1. The van der Waals surface area contributed by atoms with Crippen molar-refractivity contribution in [3.8, 4) is 0 Å². The molecule has 0 aliphatic heterocycles. The van der Waals surface area contributed by atoms with E-state index < -0.39 is 16.0 Å². The summed E-state index contributed by atoms with van der Waals surface area (Å²) in [5.74, 6) is -0.775. The summed E-state index contributed by atoms with van der Waals surface area (Å²) < 4.78 is 35.6. The summed E-state index contributed by atoms with van der Waals surface area (Å²) in [6.07, 6.45) is 1.68. The maximum atomic E-state index is 11.7. The third-order valence-electron chi connectivity index (χ3n) is 2.22. The van der Waals surface area contributed by atoms with Crippen LogP contribution in [0.3, 0.4) is 0 Å². The van der Waals surface area contributed by atoms with E-state index in [9.17, 15) is 13.2 Å². The monoisotopic (exact) mass is 259 g/mol. The molecule has 0 radical (unpaired) electrons. The van der Waals surface area contributed by atoms with Gasteiger partial charge in [0.25, 0.3) is 10.0 Å². The maximum Gasteiger partial charge on any atom is 0.374 e. The average molecular weight is 259 g/mol. The molecule has 6 nitrogen and oxygen atoms in total. The third kappa shape index (κ3) is 2.86. The van der Waals surface area contributed by atoms with E-state index in [4.69, 9.17) is 9.15 Å². The van der Waals surface area contributed by atoms with Crippen LogP contribution in [0.15, 0.2) is 21.6 Å². The summed E-state index contributed by atoms with van der Waals surface area (Å²) in [7, 11) is -3.65. The smallest absolute Gasteiger partial charge is 0.374 e. The van der Waals surface area contributed by atoms with Gasteiger partial charge in [-0.25, -0.2) is 17.9 Å². The molecule has 0 bridgehead atoms. The molecule has 1 fully saturated rings. The molecule has 1 N–H and O–H groups in total. The molecule has 1 aliphatic carbocycles. The second-order valence-electron chi connectivity index (χ2n) is 3.73. The van der Waals surface area contributed by atoms with E-state index in [1.54, 1.807) is 6.92 Å². The first-order valence-electron chi connectivity index (χ1n) is 5.32. The zero-order valence-electron chi connectivity index (χ0n) is 9.30. The summed E-state index contributed by atoms with van der Waals surface area (Å²) in [6.45, 7) is 1.87. The van der Waals surface area contributed by atoms with Gasteiger partial charge in [-0.1, -0.05) is 0 Å². The van der Waals surface area contributed by atoms with Crippen LogP contribution in [0.25, 0.3) is 0 Å². The minimum atomic E-state index is -3.65. The lowest BCUT2D eigenvalue weighted by atomic mass is 10.5. The van der Waals surface area contributed by atoms with Crippen molar-refractivity contribution < 1.29 is 22.4 Å². The molecule has 0 saturated heterocycles. The highest BCUT2D eigenvalue weighted by molar-refractivity contribution is 7.89. The Morgan fingerprint density at radius 3 is 2.82 bits per heavy atom. The Balaban J connectivity index is 2.14. The zero-order valence-corrected chi connectivity index (χ0v) is 10.1. The van der Waals surface area contributed by atoms with E-state index in [-0.39, 0.29) is 23.5 Å². The Labute approximate surface area is 99.0 Å². The molecule has 7 heteroatoms. The molecule has 0 aromatic carbocycles. The third-order valence-corrected chi connectivity index (χ3v) is 3.61. The van der Waals surface area contributed by atoms with E-state index in [1.165, 1.54) is 12.1 Å². The van der Waals surface area contributed by atoms with Crippen molar-refractivity contribution in [2.75, 3.05) is 6.61 Å². The second kappa shape index (κ2) is 4.50. The summed E-state index contributed by atoms with van der Waals surface area (Å²) in [5.41, 5.74) is 0. The first kappa shape index (κ1) is 12.1. The molecule has 1 aliphatic rings. The number of ether oxygens (including phenoxy) is 1. The number of hydrogen-bond acceptors (Lipinski definition) is 5. The molecule has 2 rings (SSSR count). The predicted molar refractivity (Wildman–Crippen MR) is 58.0 cm³/mol. The minimum Gasteiger partial charge on any atom is -0.460 e. The van der Waals surface area contributed by atoms with Gasteiger partial charge in [-0.2, -0.15) is 0 Å². The lowest BCUT2D eigenvalue weighted by Crippen LogP contribution is -2.25. The van der Waals surface area contributed by atoms with Crippen LogP contribution in [0.5, 0.6) is 0 Å². The normalized spacial score (nSPS) is 15.8. The van der Waals surface area contributed by atoms with E-state index in [1.807, 2.05) is 0 Å². The van der Waals surface area contributed by atoms with Crippen molar-refractivity contribution in [3.63, 3.8) is 0 Å². The second-order valence-corrected chi connectivity index (χ2v) is 5.38. The van der Waals surface area contributed by atoms with Crippen LogP contribution in [0.1, 0.15) is 30.3 Å². The van der Waals surface area contributed by atoms with Crippen molar-refractivity contribution in [2.45, 2.75) is 30.9 Å². The van der Waals surface area contributed by atoms with Gasteiger partial charge >= 0.3 is 5.97 Å². The predicted octanol–water partition coefficient (Wildman–Crippen LogP) is 0.897. The van der Waals surface area contributed by atoms with Crippen molar-refractivity contribution in [1.82, 2.24) is 4.72 Å². The van der Waals surface area contributed by atoms with Gasteiger partial charge in [0.1, 0.15) is 0 Å². The number of hydrogen-bond donors (Lipinski definition) is 1. The van der Waals surface area contributed by atoms with Crippen LogP contribution in [-0.2, 0) is 14.8 Å². The molecular weight excluding hydrogens is 246 g/mol. The fourth-order valence-electron chi connectivity index (χ4n) is 1.26. The van der Waals surface area contributed by atoms with Crippen LogP contribution >= 0.6 is 0 Å². The summed E-state index contributed by atoms with van der Waals surface area (Å²) in [6, 6.07) is 2.53. The Morgan fingerprint density at radius 1 is 1.53 bits per heavy atom. The highest BCUT2D eigenvalue weighted by atomic mass is 32.2. The lowest BCUT2D eigenvalue weighted by molar-refractivity contribution is 0.0484. The van der Waals surface area contributed by atoms with Crippen LogP contribution < -0.4 is 4.72 Å². The summed E-state index contributed by atoms with van der Waals surface area (Å²) in [4.78, 5) is 11.3. The number of sulfonamides is 1. The standard InChI is InChI=1S/C10H13NO5S/c1-2-15-10(12)8-5-6-9(16-8)17(13,14)11-7-3-4-7/h5-7,11H,2-4H2,1H3. The topological polar surface area (TPSA) is 85.6 Å². The van der Waals surface area contributed by atoms with Crippen LogP contribution in [0, 0.1) is 0 Å². The average Bonchev–Trinajstić information content (AvgIpc) is 2.91. The fraction of sp³-hybridized carbons (Fsp3) is 0.500. The fourth-order valence-corrected chi connectivity index (χ4v) is 2.49. The summed E-state index contributed by atoms with van der Waals surface area (Å²) in [5, 5.41) is -0.257. The van der Waals surface area contributed by atoms with Gasteiger partial charge in [0.15, 0.2) is 0 Å². The number of esters is 1. The van der Waals surface area contributed by atoms with Gasteiger partial charge in [-0.3, -0.25) is 0 Å². The molecule has 1 aromatic heterocycles. The minimum absolute atomic E-state index is 0.00357. The lowest BCUT2D eigenvalue weighted by Gasteiger charge is -2.01. The molecule has 0 atom stereocenters. The number of rotatable bonds is 5. The molecule has 0 amide bonds. The SMILES string of the molecule is CCOC(=O)c1ccc(S(=O)(=O)NC2CC2)o1. The van der Waals surface area contributed by atoms with Gasteiger partial charge in [0, 0.05) is 6.04 Å². The van der Waals surface area contributed by atoms with Crippen molar-refractivity contribution >= 4 is 16.0 Å². The highest BCUT2D eigenvalue weighted by Gasteiger charge is 2.30. The highest BCUT2D eigenvalue weighted by Crippen LogP contribution is 2.23. The molecular formula is C10H13NO5S. The number of carbonyl (C=O) groups is 1. The summed E-state index contributed by atoms with van der Waals surface area (Å²) >= 11 is 0. The molecule has 1 saturated carbocycles. The maximum absolute atomic E-state index is 11.7. The van der Waals surface area contributed by atoms with Crippen LogP contribution in [0.2, 0.25) is 0 Å². The van der Waals surface area contributed by atoms with Gasteiger partial charge in [-0.05, 0) is 31.9 Å². The number of furan rings is 1. The number of nitrogens with one attached hydrogen (secondary N) is 1. The van der Waals surface area contributed by atoms with Crippen LogP contribution in [-0.4, -0.2) is 27.0 Å². The molecule has 1 heterocycles. The van der Waals surface area contributed by atoms with Crippen molar-refractivity contribution in [2.24, 2.45) is 0 Å². The van der Waals surface area contributed by atoms with E-state index >= 15 is 0 Å². The Hall–Kier alpha value is -1.34. The molecule has 0 spiro atoms. The quantitative estimate of drug-likeness (QED) is 0.794. The largest absolute Gasteiger partial charge is 0.460 e.